The van der Waals surface area contributed by atoms with Crippen molar-refractivity contribution < 1.29 is 4.79 Å². The zero-order chi connectivity index (χ0) is 18.6. The summed E-state index contributed by atoms with van der Waals surface area (Å²) in [5.74, 6) is 1.56. The van der Waals surface area contributed by atoms with Crippen molar-refractivity contribution in [1.29, 1.82) is 0 Å². The third-order valence-corrected chi connectivity index (χ3v) is 5.28. The topological polar surface area (TPSA) is 82.1 Å². The van der Waals surface area contributed by atoms with E-state index in [4.69, 9.17) is 0 Å². The minimum atomic E-state index is -0.384. The molecule has 0 N–H and O–H groups in total. The number of nitrogens with zero attached hydrogens (tertiary/aromatic N) is 5. The Labute approximate surface area is 150 Å². The monoisotopic (exact) mass is 367 g/mol. The number of hydrogen-bond donors (Lipinski definition) is 0. The fraction of sp³-hybridized carbons (Fsp3) is 0.625. The smallest absolute Gasteiger partial charge is 0.332 e. The SMILES string of the molecule is CCN(CC)C(=O)CCCSCn1cnc2c1c(=O)n(C)c(=O)n2C. The first-order chi connectivity index (χ1) is 11.9. The van der Waals surface area contributed by atoms with Crippen molar-refractivity contribution in [3.63, 3.8) is 0 Å². The first-order valence-corrected chi connectivity index (χ1v) is 9.54. The van der Waals surface area contributed by atoms with E-state index in [1.54, 1.807) is 29.7 Å². The van der Waals surface area contributed by atoms with Crippen molar-refractivity contribution in [2.24, 2.45) is 14.1 Å². The highest BCUT2D eigenvalue weighted by Gasteiger charge is 2.14. The molecule has 0 aliphatic rings. The van der Waals surface area contributed by atoms with Crippen LogP contribution in [-0.2, 0) is 24.8 Å². The van der Waals surface area contributed by atoms with E-state index in [0.29, 0.717) is 23.5 Å². The number of thioether (sulfide) groups is 1. The molecule has 25 heavy (non-hydrogen) atoms. The van der Waals surface area contributed by atoms with E-state index in [-0.39, 0.29) is 17.2 Å². The summed E-state index contributed by atoms with van der Waals surface area (Å²) < 4.78 is 4.22. The molecule has 0 unspecified atom stereocenters. The Morgan fingerprint density at radius 1 is 1.20 bits per heavy atom. The molecule has 0 radical (unpaired) electrons. The van der Waals surface area contributed by atoms with Crippen LogP contribution >= 0.6 is 11.8 Å². The maximum atomic E-state index is 12.3. The van der Waals surface area contributed by atoms with Gasteiger partial charge in [0, 0.05) is 33.6 Å². The molecule has 2 aromatic heterocycles. The van der Waals surface area contributed by atoms with E-state index in [2.05, 4.69) is 4.98 Å². The second-order valence-corrected chi connectivity index (χ2v) is 6.87. The summed E-state index contributed by atoms with van der Waals surface area (Å²) in [7, 11) is 3.07. The van der Waals surface area contributed by atoms with Crippen LogP contribution in [0.2, 0.25) is 0 Å². The fourth-order valence-electron chi connectivity index (χ4n) is 2.72. The minimum absolute atomic E-state index is 0.183. The van der Waals surface area contributed by atoms with Gasteiger partial charge in [0.25, 0.3) is 5.56 Å². The number of aryl methyl sites for hydroxylation is 1. The maximum Gasteiger partial charge on any atom is 0.332 e. The van der Waals surface area contributed by atoms with Crippen LogP contribution in [0.1, 0.15) is 26.7 Å². The minimum Gasteiger partial charge on any atom is -0.343 e. The van der Waals surface area contributed by atoms with Crippen LogP contribution in [0.4, 0.5) is 0 Å². The molecule has 0 aromatic carbocycles. The van der Waals surface area contributed by atoms with Crippen LogP contribution in [0.15, 0.2) is 15.9 Å². The lowest BCUT2D eigenvalue weighted by atomic mass is 10.3. The second kappa shape index (κ2) is 8.37. The summed E-state index contributed by atoms with van der Waals surface area (Å²) >= 11 is 1.64. The molecular weight excluding hydrogens is 342 g/mol. The number of hydrogen-bond acceptors (Lipinski definition) is 5. The highest BCUT2D eigenvalue weighted by molar-refractivity contribution is 7.98. The lowest BCUT2D eigenvalue weighted by molar-refractivity contribution is -0.130. The van der Waals surface area contributed by atoms with Gasteiger partial charge in [0.1, 0.15) is 0 Å². The van der Waals surface area contributed by atoms with Gasteiger partial charge in [0.15, 0.2) is 11.2 Å². The molecule has 0 saturated carbocycles. The molecule has 2 rings (SSSR count). The van der Waals surface area contributed by atoms with E-state index >= 15 is 0 Å². The Morgan fingerprint density at radius 3 is 2.52 bits per heavy atom. The molecule has 2 heterocycles. The lowest BCUT2D eigenvalue weighted by Crippen LogP contribution is -2.37. The number of fused-ring (bicyclic) bond motifs is 1. The number of carbonyl (C=O) groups excluding carboxylic acids is 1. The molecule has 0 saturated heterocycles. The van der Waals surface area contributed by atoms with Crippen LogP contribution < -0.4 is 11.2 Å². The van der Waals surface area contributed by atoms with Crippen molar-refractivity contribution >= 4 is 28.8 Å². The quantitative estimate of drug-likeness (QED) is 0.644. The first kappa shape index (κ1) is 19.3. The van der Waals surface area contributed by atoms with Crippen molar-refractivity contribution in [3.8, 4) is 0 Å². The third-order valence-electron chi connectivity index (χ3n) is 4.24. The summed E-state index contributed by atoms with van der Waals surface area (Å²) in [6.07, 6.45) is 2.91. The zero-order valence-electron chi connectivity index (χ0n) is 15.2. The average molecular weight is 367 g/mol. The van der Waals surface area contributed by atoms with Crippen molar-refractivity contribution in [1.82, 2.24) is 23.6 Å². The largest absolute Gasteiger partial charge is 0.343 e. The predicted octanol–water partition coefficient (Wildman–Crippen LogP) is 0.773. The van der Waals surface area contributed by atoms with Gasteiger partial charge < -0.3 is 9.47 Å². The predicted molar refractivity (Wildman–Crippen MR) is 99.8 cm³/mol. The van der Waals surface area contributed by atoms with E-state index in [0.717, 1.165) is 29.8 Å². The standard InChI is InChI=1S/C16H25N5O3S/c1-5-20(6-2)12(22)8-7-9-25-11-21-10-17-14-13(21)15(23)19(4)16(24)18(14)3/h10H,5-9,11H2,1-4H3. The maximum absolute atomic E-state index is 12.3. The molecule has 0 aliphatic carbocycles. The van der Waals surface area contributed by atoms with Crippen molar-refractivity contribution in [3.05, 3.63) is 27.2 Å². The molecule has 138 valence electrons. The molecule has 8 nitrogen and oxygen atoms in total. The Hall–Kier alpha value is -2.03. The molecule has 0 spiro atoms. The van der Waals surface area contributed by atoms with Crippen LogP contribution in [0.25, 0.3) is 11.2 Å². The van der Waals surface area contributed by atoms with Gasteiger partial charge in [0.05, 0.1) is 12.2 Å². The second-order valence-electron chi connectivity index (χ2n) is 5.80. The Morgan fingerprint density at radius 2 is 1.88 bits per heavy atom. The fourth-order valence-corrected chi connectivity index (χ4v) is 3.59. The van der Waals surface area contributed by atoms with Crippen LogP contribution in [0.5, 0.6) is 0 Å². The molecule has 0 aliphatic heterocycles. The molecule has 1 amide bonds. The number of imidazole rings is 1. The molecule has 9 heteroatoms. The third kappa shape index (κ3) is 3.97. The zero-order valence-corrected chi connectivity index (χ0v) is 16.0. The van der Waals surface area contributed by atoms with Gasteiger partial charge in [-0.3, -0.25) is 18.7 Å². The Bertz CT molecular complexity index is 863. The van der Waals surface area contributed by atoms with Crippen molar-refractivity contribution in [2.75, 3.05) is 18.8 Å². The number of carbonyl (C=O) groups is 1. The van der Waals surface area contributed by atoms with Crippen LogP contribution in [0.3, 0.4) is 0 Å². The van der Waals surface area contributed by atoms with Gasteiger partial charge in [-0.05, 0) is 26.0 Å². The van der Waals surface area contributed by atoms with Gasteiger partial charge in [0.2, 0.25) is 5.91 Å². The highest BCUT2D eigenvalue weighted by Crippen LogP contribution is 2.13. The summed E-state index contributed by atoms with van der Waals surface area (Å²) in [6.45, 7) is 5.44. The number of aromatic nitrogens is 4. The summed E-state index contributed by atoms with van der Waals surface area (Å²) in [4.78, 5) is 42.2. The van der Waals surface area contributed by atoms with Gasteiger partial charge in [-0.1, -0.05) is 0 Å². The number of amides is 1. The summed E-state index contributed by atoms with van der Waals surface area (Å²) in [5, 5.41) is 0. The van der Waals surface area contributed by atoms with Crippen LogP contribution in [0, 0.1) is 0 Å². The molecule has 2 aromatic rings. The number of rotatable bonds is 8. The Balaban J connectivity index is 1.98. The van der Waals surface area contributed by atoms with E-state index < -0.39 is 0 Å². The van der Waals surface area contributed by atoms with Gasteiger partial charge in [-0.2, -0.15) is 0 Å². The Kier molecular flexibility index (Phi) is 6.46. The van der Waals surface area contributed by atoms with Crippen molar-refractivity contribution in [2.45, 2.75) is 32.6 Å². The van der Waals surface area contributed by atoms with E-state index in [1.165, 1.54) is 11.6 Å². The summed E-state index contributed by atoms with van der Waals surface area (Å²) in [6, 6.07) is 0. The normalized spacial score (nSPS) is 11.2. The van der Waals surface area contributed by atoms with Gasteiger partial charge >= 0.3 is 5.69 Å². The molecule has 0 bridgehead atoms. The first-order valence-electron chi connectivity index (χ1n) is 8.38. The summed E-state index contributed by atoms with van der Waals surface area (Å²) in [5.41, 5.74) is 0.0972. The molecule has 0 atom stereocenters. The average Bonchev–Trinajstić information content (AvgIpc) is 3.03. The molecular formula is C16H25N5O3S. The van der Waals surface area contributed by atoms with Gasteiger partial charge in [-0.25, -0.2) is 9.78 Å². The molecule has 0 fully saturated rings. The van der Waals surface area contributed by atoms with Gasteiger partial charge in [-0.15, -0.1) is 11.8 Å². The van der Waals surface area contributed by atoms with Crippen LogP contribution in [-0.4, -0.2) is 48.3 Å². The lowest BCUT2D eigenvalue weighted by Gasteiger charge is -2.18. The van der Waals surface area contributed by atoms with E-state index in [1.807, 2.05) is 18.7 Å². The highest BCUT2D eigenvalue weighted by atomic mass is 32.2. The van der Waals surface area contributed by atoms with E-state index in [9.17, 15) is 14.4 Å².